The number of nitrogens with zero attached hydrogens (tertiary/aromatic N) is 2. The van der Waals surface area contributed by atoms with E-state index in [1.807, 2.05) is 10.9 Å². The van der Waals surface area contributed by atoms with Crippen molar-refractivity contribution in [2.75, 3.05) is 0 Å². The van der Waals surface area contributed by atoms with Gasteiger partial charge in [0.2, 0.25) is 0 Å². The lowest BCUT2D eigenvalue weighted by molar-refractivity contribution is -0.172. The Labute approximate surface area is 114 Å². The van der Waals surface area contributed by atoms with Gasteiger partial charge in [-0.2, -0.15) is 5.10 Å². The minimum Gasteiger partial charge on any atom is -0.486 e. The maximum Gasteiger partial charge on any atom is 0.157 e. The minimum absolute atomic E-state index is 0.0328. The predicted octanol–water partition coefficient (Wildman–Crippen LogP) is 2.76. The molecule has 2 aliphatic rings. The Morgan fingerprint density at radius 3 is 2.89 bits per heavy atom. The topological polar surface area (TPSA) is 47.3 Å². The van der Waals surface area contributed by atoms with Gasteiger partial charge in [0.05, 0.1) is 18.5 Å². The zero-order valence-corrected chi connectivity index (χ0v) is 11.7. The Morgan fingerprint density at radius 1 is 1.42 bits per heavy atom. The standard InChI is InChI=1S/C15H24N2O2/c1-2-8-17-11-12(10-16-17)19-14-9-13(18)15(14)6-4-3-5-7-15/h10-11,13-14,18H,2-9H2,1H3. The molecule has 106 valence electrons. The Kier molecular flexibility index (Phi) is 3.52. The van der Waals surface area contributed by atoms with Crippen molar-refractivity contribution in [3.63, 3.8) is 0 Å². The first kappa shape index (κ1) is 13.0. The second kappa shape index (κ2) is 5.16. The third-order valence-corrected chi connectivity index (χ3v) is 4.87. The van der Waals surface area contributed by atoms with E-state index in [0.29, 0.717) is 0 Å². The van der Waals surface area contributed by atoms with Crippen LogP contribution in [-0.4, -0.2) is 27.1 Å². The molecule has 2 unspecified atom stereocenters. The van der Waals surface area contributed by atoms with Gasteiger partial charge in [0, 0.05) is 18.4 Å². The Hall–Kier alpha value is -1.03. The van der Waals surface area contributed by atoms with Gasteiger partial charge in [-0.1, -0.05) is 26.2 Å². The summed E-state index contributed by atoms with van der Waals surface area (Å²) in [6.07, 6.45) is 11.6. The molecule has 4 heteroatoms. The largest absolute Gasteiger partial charge is 0.486 e. The van der Waals surface area contributed by atoms with Gasteiger partial charge in [0.15, 0.2) is 5.75 Å². The van der Waals surface area contributed by atoms with Crippen LogP contribution in [0.25, 0.3) is 0 Å². The van der Waals surface area contributed by atoms with Gasteiger partial charge in [0.1, 0.15) is 6.10 Å². The average Bonchev–Trinajstić information content (AvgIpc) is 2.87. The molecule has 2 atom stereocenters. The van der Waals surface area contributed by atoms with Crippen molar-refractivity contribution in [2.45, 2.75) is 70.6 Å². The highest BCUT2D eigenvalue weighted by Gasteiger charge is 2.56. The number of hydrogen-bond donors (Lipinski definition) is 1. The van der Waals surface area contributed by atoms with Crippen LogP contribution in [0.4, 0.5) is 0 Å². The van der Waals surface area contributed by atoms with Gasteiger partial charge in [-0.15, -0.1) is 0 Å². The summed E-state index contributed by atoms with van der Waals surface area (Å²) in [5.74, 6) is 0.857. The summed E-state index contributed by atoms with van der Waals surface area (Å²) in [7, 11) is 0. The fourth-order valence-corrected chi connectivity index (χ4v) is 3.68. The smallest absolute Gasteiger partial charge is 0.157 e. The van der Waals surface area contributed by atoms with Gasteiger partial charge in [0.25, 0.3) is 0 Å². The highest BCUT2D eigenvalue weighted by Crippen LogP contribution is 2.53. The first-order valence-electron chi connectivity index (χ1n) is 7.62. The second-order valence-electron chi connectivity index (χ2n) is 6.09. The van der Waals surface area contributed by atoms with Crippen LogP contribution in [0.15, 0.2) is 12.4 Å². The highest BCUT2D eigenvalue weighted by molar-refractivity contribution is 5.16. The monoisotopic (exact) mass is 264 g/mol. The van der Waals surface area contributed by atoms with Crippen LogP contribution in [0, 0.1) is 5.41 Å². The number of hydrogen-bond acceptors (Lipinski definition) is 3. The molecule has 0 saturated heterocycles. The zero-order valence-electron chi connectivity index (χ0n) is 11.7. The molecule has 0 radical (unpaired) electrons. The molecule has 1 aromatic heterocycles. The van der Waals surface area contributed by atoms with E-state index in [9.17, 15) is 5.11 Å². The lowest BCUT2D eigenvalue weighted by atomic mass is 9.56. The van der Waals surface area contributed by atoms with Crippen LogP contribution in [0.5, 0.6) is 5.75 Å². The summed E-state index contributed by atoms with van der Waals surface area (Å²) in [6.45, 7) is 3.07. The number of ether oxygens (including phenoxy) is 1. The van der Waals surface area contributed by atoms with Crippen LogP contribution in [0.2, 0.25) is 0 Å². The van der Waals surface area contributed by atoms with Crippen molar-refractivity contribution in [3.05, 3.63) is 12.4 Å². The van der Waals surface area contributed by atoms with Gasteiger partial charge in [-0.05, 0) is 19.3 Å². The van der Waals surface area contributed by atoms with Crippen molar-refractivity contribution in [2.24, 2.45) is 5.41 Å². The molecule has 1 spiro atoms. The molecular formula is C15H24N2O2. The molecule has 0 aromatic carbocycles. The van der Waals surface area contributed by atoms with Crippen LogP contribution >= 0.6 is 0 Å². The molecular weight excluding hydrogens is 240 g/mol. The number of aliphatic hydroxyl groups excluding tert-OH is 1. The Bertz CT molecular complexity index is 424. The fraction of sp³-hybridized carbons (Fsp3) is 0.800. The third kappa shape index (κ3) is 2.27. The third-order valence-electron chi connectivity index (χ3n) is 4.87. The van der Waals surface area contributed by atoms with E-state index in [1.54, 1.807) is 6.20 Å². The van der Waals surface area contributed by atoms with E-state index in [1.165, 1.54) is 19.3 Å². The lowest BCUT2D eigenvalue weighted by Gasteiger charge is -2.54. The van der Waals surface area contributed by atoms with Crippen LogP contribution < -0.4 is 4.74 Å². The van der Waals surface area contributed by atoms with Crippen molar-refractivity contribution >= 4 is 0 Å². The van der Waals surface area contributed by atoms with E-state index in [0.717, 1.165) is 38.0 Å². The number of aromatic nitrogens is 2. The van der Waals surface area contributed by atoms with E-state index in [4.69, 9.17) is 4.74 Å². The Morgan fingerprint density at radius 2 is 2.21 bits per heavy atom. The van der Waals surface area contributed by atoms with E-state index < -0.39 is 0 Å². The fourth-order valence-electron chi connectivity index (χ4n) is 3.68. The normalized spacial score (nSPS) is 29.2. The maximum absolute atomic E-state index is 10.2. The minimum atomic E-state index is -0.163. The lowest BCUT2D eigenvalue weighted by Crippen LogP contribution is -2.60. The summed E-state index contributed by atoms with van der Waals surface area (Å²) in [4.78, 5) is 0. The molecule has 2 fully saturated rings. The molecule has 19 heavy (non-hydrogen) atoms. The van der Waals surface area contributed by atoms with Gasteiger partial charge < -0.3 is 9.84 Å². The summed E-state index contributed by atoms with van der Waals surface area (Å²) >= 11 is 0. The molecule has 2 saturated carbocycles. The molecule has 0 aliphatic heterocycles. The molecule has 3 rings (SSSR count). The zero-order chi connectivity index (χ0) is 13.3. The summed E-state index contributed by atoms with van der Waals surface area (Å²) < 4.78 is 8.03. The first-order chi connectivity index (χ1) is 9.24. The predicted molar refractivity (Wildman–Crippen MR) is 73.1 cm³/mol. The number of aryl methyl sites for hydroxylation is 1. The molecule has 1 heterocycles. The van der Waals surface area contributed by atoms with E-state index in [-0.39, 0.29) is 17.6 Å². The van der Waals surface area contributed by atoms with Crippen molar-refractivity contribution < 1.29 is 9.84 Å². The molecule has 4 nitrogen and oxygen atoms in total. The van der Waals surface area contributed by atoms with Crippen LogP contribution in [-0.2, 0) is 6.54 Å². The summed E-state index contributed by atoms with van der Waals surface area (Å²) in [5, 5.41) is 14.5. The molecule has 2 aliphatic carbocycles. The molecule has 1 aromatic rings. The second-order valence-corrected chi connectivity index (χ2v) is 6.09. The van der Waals surface area contributed by atoms with Crippen LogP contribution in [0.3, 0.4) is 0 Å². The van der Waals surface area contributed by atoms with Crippen LogP contribution in [0.1, 0.15) is 51.9 Å². The highest BCUT2D eigenvalue weighted by atomic mass is 16.5. The van der Waals surface area contributed by atoms with Gasteiger partial charge in [-0.3, -0.25) is 4.68 Å². The first-order valence-corrected chi connectivity index (χ1v) is 7.62. The maximum atomic E-state index is 10.2. The van der Waals surface area contributed by atoms with Gasteiger partial charge in [-0.25, -0.2) is 0 Å². The molecule has 1 N–H and O–H groups in total. The Balaban J connectivity index is 1.65. The quantitative estimate of drug-likeness (QED) is 0.909. The van der Waals surface area contributed by atoms with Crippen molar-refractivity contribution in [1.29, 1.82) is 0 Å². The molecule has 0 amide bonds. The van der Waals surface area contributed by atoms with E-state index >= 15 is 0 Å². The summed E-state index contributed by atoms with van der Waals surface area (Å²) in [6, 6.07) is 0. The summed E-state index contributed by atoms with van der Waals surface area (Å²) in [5.41, 5.74) is 0.0328. The van der Waals surface area contributed by atoms with Crippen molar-refractivity contribution in [1.82, 2.24) is 9.78 Å². The average molecular weight is 264 g/mol. The SMILES string of the molecule is CCCn1cc(OC2CC(O)C23CCCCC3)cn1. The van der Waals surface area contributed by atoms with E-state index in [2.05, 4.69) is 12.0 Å². The molecule has 0 bridgehead atoms. The van der Waals surface area contributed by atoms with Gasteiger partial charge >= 0.3 is 0 Å². The number of aliphatic hydroxyl groups is 1. The van der Waals surface area contributed by atoms with Crippen molar-refractivity contribution in [3.8, 4) is 5.75 Å². The number of rotatable bonds is 4.